The summed E-state index contributed by atoms with van der Waals surface area (Å²) in [5.74, 6) is 1.51. The molecule has 3 heterocycles. The van der Waals surface area contributed by atoms with E-state index >= 15 is 0 Å². The maximum absolute atomic E-state index is 13.3. The molecule has 4 rings (SSSR count). The van der Waals surface area contributed by atoms with Gasteiger partial charge in [-0.3, -0.25) is 9.97 Å². The van der Waals surface area contributed by atoms with Crippen molar-refractivity contribution in [3.05, 3.63) is 77.5 Å². The third-order valence-corrected chi connectivity index (χ3v) is 5.60. The molecule has 0 spiro atoms. The van der Waals surface area contributed by atoms with Crippen molar-refractivity contribution in [2.75, 3.05) is 18.1 Å². The maximum Gasteiger partial charge on any atom is 0.132 e. The lowest BCUT2D eigenvalue weighted by Crippen LogP contribution is -2.33. The third-order valence-electron chi connectivity index (χ3n) is 5.60. The zero-order valence-electron chi connectivity index (χ0n) is 17.1. The van der Waals surface area contributed by atoms with Crippen LogP contribution in [0, 0.1) is 5.82 Å². The standard InChI is InChI=1S/C23H26FN5O/c1-16(17-4-6-18(24)7-5-17)11-22-27-19(12-20-14-25-8-9-26-20)13-23(28-22)29-10-2-3-21(29)15-30/h4-9,13-14,16,21,30H,2-3,10-12,15H2,1H3/t16-,21-/m1/s1. The van der Waals surface area contributed by atoms with Gasteiger partial charge < -0.3 is 10.0 Å². The molecule has 0 bridgehead atoms. The van der Waals surface area contributed by atoms with Crippen molar-refractivity contribution in [3.63, 3.8) is 0 Å². The van der Waals surface area contributed by atoms with Crippen molar-refractivity contribution in [1.29, 1.82) is 0 Å². The zero-order valence-corrected chi connectivity index (χ0v) is 17.1. The lowest BCUT2D eigenvalue weighted by molar-refractivity contribution is 0.266. The molecule has 1 fully saturated rings. The van der Waals surface area contributed by atoms with Crippen LogP contribution in [0.2, 0.25) is 0 Å². The Bertz CT molecular complexity index is 967. The van der Waals surface area contributed by atoms with Crippen LogP contribution in [0.25, 0.3) is 0 Å². The first-order chi connectivity index (χ1) is 14.6. The first kappa shape index (κ1) is 20.3. The minimum atomic E-state index is -0.237. The minimum Gasteiger partial charge on any atom is -0.394 e. The highest BCUT2D eigenvalue weighted by Crippen LogP contribution is 2.26. The molecule has 0 radical (unpaired) electrons. The topological polar surface area (TPSA) is 75.0 Å². The van der Waals surface area contributed by atoms with Gasteiger partial charge in [-0.15, -0.1) is 0 Å². The van der Waals surface area contributed by atoms with Crippen LogP contribution in [0.5, 0.6) is 0 Å². The van der Waals surface area contributed by atoms with Crippen LogP contribution in [0.3, 0.4) is 0 Å². The summed E-state index contributed by atoms with van der Waals surface area (Å²) in [6.45, 7) is 3.09. The average Bonchev–Trinajstić information content (AvgIpc) is 3.24. The Morgan fingerprint density at radius 3 is 2.73 bits per heavy atom. The van der Waals surface area contributed by atoms with E-state index in [1.807, 2.05) is 18.2 Å². The largest absolute Gasteiger partial charge is 0.394 e. The molecule has 1 aromatic carbocycles. The van der Waals surface area contributed by atoms with E-state index in [2.05, 4.69) is 21.8 Å². The summed E-state index contributed by atoms with van der Waals surface area (Å²) in [6.07, 6.45) is 8.29. The number of aliphatic hydroxyl groups is 1. The van der Waals surface area contributed by atoms with E-state index in [4.69, 9.17) is 9.97 Å². The fraction of sp³-hybridized carbons (Fsp3) is 0.391. The van der Waals surface area contributed by atoms with Gasteiger partial charge >= 0.3 is 0 Å². The Morgan fingerprint density at radius 2 is 2.00 bits per heavy atom. The summed E-state index contributed by atoms with van der Waals surface area (Å²) in [5.41, 5.74) is 2.78. The fourth-order valence-electron chi connectivity index (χ4n) is 3.98. The number of nitrogens with zero attached hydrogens (tertiary/aromatic N) is 5. The Morgan fingerprint density at radius 1 is 1.17 bits per heavy atom. The van der Waals surface area contributed by atoms with Gasteiger partial charge in [0.1, 0.15) is 17.5 Å². The molecule has 0 unspecified atom stereocenters. The fourth-order valence-corrected chi connectivity index (χ4v) is 3.98. The van der Waals surface area contributed by atoms with E-state index in [9.17, 15) is 9.50 Å². The summed E-state index contributed by atoms with van der Waals surface area (Å²) >= 11 is 0. The Balaban J connectivity index is 1.63. The molecule has 2 atom stereocenters. The van der Waals surface area contributed by atoms with Gasteiger partial charge in [-0.25, -0.2) is 14.4 Å². The van der Waals surface area contributed by atoms with Crippen LogP contribution in [-0.4, -0.2) is 44.2 Å². The number of aliphatic hydroxyl groups excluding tert-OH is 1. The molecule has 0 saturated carbocycles. The molecule has 1 N–H and O–H groups in total. The predicted octanol–water partition coefficient (Wildman–Crippen LogP) is 3.30. The smallest absolute Gasteiger partial charge is 0.132 e. The van der Waals surface area contributed by atoms with Crippen LogP contribution >= 0.6 is 0 Å². The maximum atomic E-state index is 13.3. The van der Waals surface area contributed by atoms with Gasteiger partial charge in [0.15, 0.2) is 0 Å². The van der Waals surface area contributed by atoms with Crippen molar-refractivity contribution in [1.82, 2.24) is 19.9 Å². The van der Waals surface area contributed by atoms with Gasteiger partial charge in [0.25, 0.3) is 0 Å². The summed E-state index contributed by atoms with van der Waals surface area (Å²) in [4.78, 5) is 20.3. The van der Waals surface area contributed by atoms with Gasteiger partial charge in [0.2, 0.25) is 0 Å². The monoisotopic (exact) mass is 407 g/mol. The highest BCUT2D eigenvalue weighted by Gasteiger charge is 2.26. The molecule has 7 heteroatoms. The molecule has 0 aliphatic carbocycles. The molecule has 156 valence electrons. The summed E-state index contributed by atoms with van der Waals surface area (Å²) < 4.78 is 13.3. The second kappa shape index (κ2) is 9.26. The van der Waals surface area contributed by atoms with E-state index in [1.54, 1.807) is 18.6 Å². The van der Waals surface area contributed by atoms with Gasteiger partial charge in [0.05, 0.1) is 24.0 Å². The molecule has 1 saturated heterocycles. The van der Waals surface area contributed by atoms with Gasteiger partial charge in [0, 0.05) is 44.0 Å². The van der Waals surface area contributed by atoms with Crippen molar-refractivity contribution >= 4 is 5.82 Å². The molecule has 1 aliphatic heterocycles. The number of benzene rings is 1. The van der Waals surface area contributed by atoms with Gasteiger partial charge in [-0.05, 0) is 36.5 Å². The first-order valence-corrected chi connectivity index (χ1v) is 10.4. The normalized spacial score (nSPS) is 17.3. The number of rotatable bonds is 7. The predicted molar refractivity (Wildman–Crippen MR) is 113 cm³/mol. The molecule has 1 aliphatic rings. The van der Waals surface area contributed by atoms with E-state index in [-0.39, 0.29) is 24.4 Å². The van der Waals surface area contributed by atoms with E-state index < -0.39 is 0 Å². The number of hydrogen-bond donors (Lipinski definition) is 1. The lowest BCUT2D eigenvalue weighted by atomic mass is 9.97. The molecular weight excluding hydrogens is 381 g/mol. The molecular formula is C23H26FN5O. The summed E-state index contributed by atoms with van der Waals surface area (Å²) in [7, 11) is 0. The first-order valence-electron chi connectivity index (χ1n) is 10.4. The Hall–Kier alpha value is -2.93. The van der Waals surface area contributed by atoms with Crippen LogP contribution in [0.1, 0.15) is 48.5 Å². The molecule has 6 nitrogen and oxygen atoms in total. The molecule has 0 amide bonds. The third kappa shape index (κ3) is 4.79. The average molecular weight is 407 g/mol. The number of aromatic nitrogens is 4. The van der Waals surface area contributed by atoms with Crippen molar-refractivity contribution in [2.45, 2.75) is 44.6 Å². The Kier molecular flexibility index (Phi) is 6.28. The van der Waals surface area contributed by atoms with Crippen molar-refractivity contribution in [3.8, 4) is 0 Å². The second-order valence-electron chi connectivity index (χ2n) is 7.84. The highest BCUT2D eigenvalue weighted by molar-refractivity contribution is 5.43. The SMILES string of the molecule is C[C@H](Cc1nc(Cc2cnccn2)cc(N2CCC[C@@H]2CO)n1)c1ccc(F)cc1. The van der Waals surface area contributed by atoms with Gasteiger partial charge in [-0.1, -0.05) is 19.1 Å². The van der Waals surface area contributed by atoms with Crippen LogP contribution in [0.4, 0.5) is 10.2 Å². The quantitative estimate of drug-likeness (QED) is 0.648. The summed E-state index contributed by atoms with van der Waals surface area (Å²) in [6, 6.07) is 8.68. The van der Waals surface area contributed by atoms with Gasteiger partial charge in [-0.2, -0.15) is 0 Å². The van der Waals surface area contributed by atoms with Crippen LogP contribution < -0.4 is 4.90 Å². The zero-order chi connectivity index (χ0) is 20.9. The van der Waals surface area contributed by atoms with Crippen LogP contribution in [-0.2, 0) is 12.8 Å². The van der Waals surface area contributed by atoms with Crippen molar-refractivity contribution in [2.24, 2.45) is 0 Å². The number of hydrogen-bond acceptors (Lipinski definition) is 6. The molecule has 30 heavy (non-hydrogen) atoms. The number of halogens is 1. The van der Waals surface area contributed by atoms with E-state index in [1.165, 1.54) is 12.1 Å². The van der Waals surface area contributed by atoms with E-state index in [0.29, 0.717) is 12.8 Å². The highest BCUT2D eigenvalue weighted by atomic mass is 19.1. The lowest BCUT2D eigenvalue weighted by Gasteiger charge is -2.25. The number of anilines is 1. The molecule has 3 aromatic rings. The van der Waals surface area contributed by atoms with E-state index in [0.717, 1.165) is 48.0 Å². The van der Waals surface area contributed by atoms with Crippen molar-refractivity contribution < 1.29 is 9.50 Å². The molecule has 2 aromatic heterocycles. The minimum absolute atomic E-state index is 0.0895. The van der Waals surface area contributed by atoms with Crippen LogP contribution in [0.15, 0.2) is 48.9 Å². The Labute approximate surface area is 175 Å². The summed E-state index contributed by atoms with van der Waals surface area (Å²) in [5, 5.41) is 9.75. The second-order valence-corrected chi connectivity index (χ2v) is 7.84.